The Balaban J connectivity index is 2.06. The lowest BCUT2D eigenvalue weighted by Gasteiger charge is -2.22. The van der Waals surface area contributed by atoms with Gasteiger partial charge in [0.2, 0.25) is 15.9 Å². The summed E-state index contributed by atoms with van der Waals surface area (Å²) in [6.07, 6.45) is 0. The molecule has 2 aromatic carbocycles. The molecule has 0 unspecified atom stereocenters. The van der Waals surface area contributed by atoms with Gasteiger partial charge < -0.3 is 15.5 Å². The van der Waals surface area contributed by atoms with Crippen molar-refractivity contribution < 1.29 is 18.0 Å². The van der Waals surface area contributed by atoms with Crippen molar-refractivity contribution in [1.29, 1.82) is 0 Å². The number of carbonyl (C=O) groups excluding carboxylic acids is 2. The molecule has 168 valence electrons. The van der Waals surface area contributed by atoms with E-state index in [1.807, 2.05) is 0 Å². The van der Waals surface area contributed by atoms with E-state index in [4.69, 9.17) is 23.2 Å². The maximum atomic E-state index is 12.6. The smallest absolute Gasteiger partial charge is 0.318 e. The lowest BCUT2D eigenvalue weighted by molar-refractivity contribution is -0.116. The number of amides is 3. The Hall–Kier alpha value is -2.33. The minimum Gasteiger partial charge on any atom is -0.334 e. The number of nitrogens with one attached hydrogen (secondary N) is 2. The van der Waals surface area contributed by atoms with Crippen LogP contribution in [0.15, 0.2) is 47.4 Å². The molecule has 11 heteroatoms. The van der Waals surface area contributed by atoms with Crippen molar-refractivity contribution in [3.63, 3.8) is 0 Å². The molecule has 0 aliphatic rings. The van der Waals surface area contributed by atoms with E-state index in [1.54, 1.807) is 43.3 Å². The lowest BCUT2D eigenvalue weighted by Crippen LogP contribution is -2.43. The van der Waals surface area contributed by atoms with Gasteiger partial charge in [-0.1, -0.05) is 47.5 Å². The van der Waals surface area contributed by atoms with Gasteiger partial charge >= 0.3 is 6.03 Å². The van der Waals surface area contributed by atoms with E-state index < -0.39 is 22.0 Å². The molecule has 0 spiro atoms. The molecule has 2 rings (SSSR count). The fourth-order valence-electron chi connectivity index (χ4n) is 2.68. The number of halogens is 2. The normalized spacial score (nSPS) is 11.3. The third-order valence-corrected chi connectivity index (χ3v) is 6.94. The second-order valence-corrected chi connectivity index (χ2v) is 9.65. The summed E-state index contributed by atoms with van der Waals surface area (Å²) < 4.78 is 26.1. The summed E-state index contributed by atoms with van der Waals surface area (Å²) in [5.74, 6) is -0.470. The molecule has 0 aliphatic heterocycles. The van der Waals surface area contributed by atoms with Crippen LogP contribution < -0.4 is 10.6 Å². The van der Waals surface area contributed by atoms with E-state index in [-0.39, 0.29) is 40.3 Å². The van der Waals surface area contributed by atoms with Crippen molar-refractivity contribution in [3.8, 4) is 0 Å². The molecule has 0 heterocycles. The molecule has 0 radical (unpaired) electrons. The van der Waals surface area contributed by atoms with Gasteiger partial charge in [-0.2, -0.15) is 0 Å². The van der Waals surface area contributed by atoms with Crippen LogP contribution in [-0.4, -0.2) is 56.7 Å². The first-order valence-corrected chi connectivity index (χ1v) is 11.5. The molecule has 0 aliphatic carbocycles. The molecule has 0 fully saturated rings. The second kappa shape index (κ2) is 10.8. The minimum absolute atomic E-state index is 0.0173. The van der Waals surface area contributed by atoms with Gasteiger partial charge in [0.1, 0.15) is 6.54 Å². The Morgan fingerprint density at radius 2 is 1.61 bits per heavy atom. The average molecular weight is 487 g/mol. The second-order valence-electron chi connectivity index (χ2n) is 6.71. The van der Waals surface area contributed by atoms with Crippen molar-refractivity contribution in [3.05, 3.63) is 58.1 Å². The van der Waals surface area contributed by atoms with Crippen molar-refractivity contribution in [2.45, 2.75) is 18.4 Å². The maximum absolute atomic E-state index is 12.6. The summed E-state index contributed by atoms with van der Waals surface area (Å²) in [6, 6.07) is 10.7. The van der Waals surface area contributed by atoms with E-state index in [9.17, 15) is 18.0 Å². The third-order valence-electron chi connectivity index (χ3n) is 4.39. The van der Waals surface area contributed by atoms with Crippen molar-refractivity contribution in [2.75, 3.05) is 32.5 Å². The zero-order valence-electron chi connectivity index (χ0n) is 17.4. The highest BCUT2D eigenvalue weighted by atomic mass is 35.5. The van der Waals surface area contributed by atoms with Gasteiger partial charge in [-0.05, 0) is 30.7 Å². The van der Waals surface area contributed by atoms with Crippen molar-refractivity contribution >= 4 is 50.9 Å². The van der Waals surface area contributed by atoms with Crippen LogP contribution in [0, 0.1) is 0 Å². The van der Waals surface area contributed by atoms with Crippen LogP contribution in [0.4, 0.5) is 10.5 Å². The van der Waals surface area contributed by atoms with Crippen molar-refractivity contribution in [2.24, 2.45) is 0 Å². The minimum atomic E-state index is -3.66. The number of para-hydroxylation sites is 1. The number of likely N-dealkylation sites (N-methyl/N-ethyl adjacent to an activating group) is 1. The molecular formula is C20H24Cl2N4O4S. The van der Waals surface area contributed by atoms with E-state index >= 15 is 0 Å². The molecule has 31 heavy (non-hydrogen) atoms. The average Bonchev–Trinajstić information content (AvgIpc) is 2.73. The van der Waals surface area contributed by atoms with Gasteiger partial charge in [0.25, 0.3) is 0 Å². The first kappa shape index (κ1) is 24.9. The summed E-state index contributed by atoms with van der Waals surface area (Å²) in [7, 11) is -0.788. The van der Waals surface area contributed by atoms with Gasteiger partial charge in [0.15, 0.2) is 0 Å². The molecule has 0 bridgehead atoms. The Morgan fingerprint density at radius 3 is 2.19 bits per heavy atom. The number of benzene rings is 2. The first-order valence-electron chi connectivity index (χ1n) is 9.35. The summed E-state index contributed by atoms with van der Waals surface area (Å²) in [6.45, 7) is 1.73. The predicted molar refractivity (Wildman–Crippen MR) is 122 cm³/mol. The highest BCUT2D eigenvalue weighted by Gasteiger charge is 2.22. The Labute approximate surface area is 192 Å². The summed E-state index contributed by atoms with van der Waals surface area (Å²) in [5, 5.41) is 5.84. The molecular weight excluding hydrogens is 463 g/mol. The van der Waals surface area contributed by atoms with E-state index in [0.29, 0.717) is 5.56 Å². The summed E-state index contributed by atoms with van der Waals surface area (Å²) in [5.41, 5.74) is 0.711. The highest BCUT2D eigenvalue weighted by Crippen LogP contribution is 2.29. The number of hydrogen-bond acceptors (Lipinski definition) is 4. The molecule has 2 N–H and O–H groups in total. The number of hydrogen-bond donors (Lipinski definition) is 2. The fraction of sp³-hybridized carbons (Fsp3) is 0.300. The quantitative estimate of drug-likeness (QED) is 0.596. The molecule has 0 saturated carbocycles. The van der Waals surface area contributed by atoms with Gasteiger partial charge in [0, 0.05) is 27.2 Å². The van der Waals surface area contributed by atoms with Crippen LogP contribution in [0.5, 0.6) is 0 Å². The monoisotopic (exact) mass is 486 g/mol. The van der Waals surface area contributed by atoms with E-state index in [0.717, 1.165) is 4.31 Å². The predicted octanol–water partition coefficient (Wildman–Crippen LogP) is 3.41. The van der Waals surface area contributed by atoms with E-state index in [2.05, 4.69) is 10.6 Å². The number of sulfonamides is 1. The third kappa shape index (κ3) is 6.33. The van der Waals surface area contributed by atoms with Crippen LogP contribution in [0.25, 0.3) is 0 Å². The van der Waals surface area contributed by atoms with Crippen molar-refractivity contribution in [1.82, 2.24) is 14.5 Å². The number of carbonyl (C=O) groups is 2. The molecule has 3 amide bonds. The molecule has 0 aromatic heterocycles. The molecule has 0 saturated heterocycles. The summed E-state index contributed by atoms with van der Waals surface area (Å²) >= 11 is 12.1. The summed E-state index contributed by atoms with van der Waals surface area (Å²) in [4.78, 5) is 26.4. The lowest BCUT2D eigenvalue weighted by atomic mass is 10.2. The highest BCUT2D eigenvalue weighted by molar-refractivity contribution is 7.89. The first-order chi connectivity index (χ1) is 14.6. The van der Waals surface area contributed by atoms with Gasteiger partial charge in [-0.25, -0.2) is 17.5 Å². The van der Waals surface area contributed by atoms with Crippen LogP contribution in [0.1, 0.15) is 12.5 Å². The zero-order chi connectivity index (χ0) is 23.2. The van der Waals surface area contributed by atoms with Gasteiger partial charge in [0.05, 0.1) is 20.6 Å². The van der Waals surface area contributed by atoms with E-state index in [1.165, 1.54) is 25.1 Å². The molecule has 2 aromatic rings. The molecule has 8 nitrogen and oxygen atoms in total. The zero-order valence-corrected chi connectivity index (χ0v) is 19.7. The Bertz CT molecular complexity index is 1040. The van der Waals surface area contributed by atoms with Crippen LogP contribution in [-0.2, 0) is 21.4 Å². The fourth-order valence-corrected chi connectivity index (χ4v) is 4.29. The maximum Gasteiger partial charge on any atom is 0.318 e. The number of rotatable bonds is 8. The Kier molecular flexibility index (Phi) is 8.69. The standard InChI is InChI=1S/C20H24Cl2N4O4S/c1-4-26(13-18(27)24-19-15(21)9-7-10-16(19)22)20(28)23-12-14-8-5-6-11-17(14)31(29,30)25(2)3/h5-11H,4,12-13H2,1-3H3,(H,23,28)(H,24,27). The Morgan fingerprint density at radius 1 is 1.00 bits per heavy atom. The number of urea groups is 1. The van der Waals surface area contributed by atoms with Crippen LogP contribution in [0.2, 0.25) is 10.0 Å². The number of nitrogens with zero attached hydrogens (tertiary/aromatic N) is 2. The van der Waals surface area contributed by atoms with Gasteiger partial charge in [-0.3, -0.25) is 4.79 Å². The largest absolute Gasteiger partial charge is 0.334 e. The molecule has 0 atom stereocenters. The number of anilines is 1. The van der Waals surface area contributed by atoms with Crippen LogP contribution in [0.3, 0.4) is 0 Å². The van der Waals surface area contributed by atoms with Gasteiger partial charge in [-0.15, -0.1) is 0 Å². The van der Waals surface area contributed by atoms with Crippen LogP contribution >= 0.6 is 23.2 Å². The topological polar surface area (TPSA) is 98.8 Å². The SMILES string of the molecule is CCN(CC(=O)Nc1c(Cl)cccc1Cl)C(=O)NCc1ccccc1S(=O)(=O)N(C)C.